The Morgan fingerprint density at radius 3 is 2.44 bits per heavy atom. The van der Waals surface area contributed by atoms with E-state index in [9.17, 15) is 13.2 Å². The summed E-state index contributed by atoms with van der Waals surface area (Å²) < 4.78 is 26.4. The number of anilines is 2. The number of aromatic nitrogens is 2. The molecule has 2 aromatic carbocycles. The van der Waals surface area contributed by atoms with Crippen LogP contribution in [0.5, 0.6) is 0 Å². The number of nitrogens with one attached hydrogen (secondary N) is 2. The molecule has 3 rings (SSSR count). The minimum absolute atomic E-state index is 0.125. The lowest BCUT2D eigenvalue weighted by atomic mass is 10.2. The summed E-state index contributed by atoms with van der Waals surface area (Å²) in [6.45, 7) is 6.34. The first-order valence-corrected chi connectivity index (χ1v) is 12.7. The third kappa shape index (κ3) is 5.56. The zero-order valence-corrected chi connectivity index (χ0v) is 20.1. The molecule has 0 aliphatic heterocycles. The summed E-state index contributed by atoms with van der Waals surface area (Å²) in [4.78, 5) is 21.6. The molecule has 2 N–H and O–H groups in total. The maximum absolute atomic E-state index is 12.5. The summed E-state index contributed by atoms with van der Waals surface area (Å²) >= 11 is 1.24. The molecule has 170 valence electrons. The molecule has 1 amide bonds. The molecule has 0 fully saturated rings. The van der Waals surface area contributed by atoms with Crippen molar-refractivity contribution in [2.24, 2.45) is 0 Å². The van der Waals surface area contributed by atoms with Crippen molar-refractivity contribution in [2.45, 2.75) is 36.9 Å². The van der Waals surface area contributed by atoms with Crippen LogP contribution in [0.1, 0.15) is 20.8 Å². The summed E-state index contributed by atoms with van der Waals surface area (Å²) in [7, 11) is -2.02. The molecule has 0 bridgehead atoms. The molecule has 0 unspecified atom stereocenters. The summed E-state index contributed by atoms with van der Waals surface area (Å²) in [5, 5.41) is 7.45. The summed E-state index contributed by atoms with van der Waals surface area (Å²) in [5.74, 6) is 0.635. The molecule has 0 spiro atoms. The van der Waals surface area contributed by atoms with Gasteiger partial charge in [-0.1, -0.05) is 23.9 Å². The topological polar surface area (TPSA) is 104 Å². The molecule has 0 radical (unpaired) electrons. The van der Waals surface area contributed by atoms with Gasteiger partial charge in [0.15, 0.2) is 5.16 Å². The smallest absolute Gasteiger partial charge is 0.243 e. The Hall–Kier alpha value is -2.69. The summed E-state index contributed by atoms with van der Waals surface area (Å²) in [6, 6.07) is 13.7. The predicted octanol–water partition coefficient (Wildman–Crippen LogP) is 3.82. The van der Waals surface area contributed by atoms with Crippen LogP contribution in [0.15, 0.2) is 58.6 Å². The number of para-hydroxylation sites is 1. The first-order chi connectivity index (χ1) is 15.2. The zero-order valence-electron chi connectivity index (χ0n) is 18.5. The van der Waals surface area contributed by atoms with Gasteiger partial charge in [0.2, 0.25) is 15.9 Å². The van der Waals surface area contributed by atoms with Gasteiger partial charge in [0.25, 0.3) is 0 Å². The van der Waals surface area contributed by atoms with Crippen molar-refractivity contribution in [3.05, 3.63) is 48.5 Å². The van der Waals surface area contributed by atoms with Crippen molar-refractivity contribution in [3.8, 4) is 0 Å². The van der Waals surface area contributed by atoms with Gasteiger partial charge in [-0.25, -0.2) is 18.4 Å². The number of benzene rings is 2. The van der Waals surface area contributed by atoms with Crippen LogP contribution in [0.4, 0.5) is 11.5 Å². The van der Waals surface area contributed by atoms with Crippen LogP contribution in [0.3, 0.4) is 0 Å². The van der Waals surface area contributed by atoms with Gasteiger partial charge < -0.3 is 10.6 Å². The molecule has 3 aromatic rings. The molecule has 0 saturated heterocycles. The number of amides is 1. The Morgan fingerprint density at radius 1 is 1.09 bits per heavy atom. The van der Waals surface area contributed by atoms with Gasteiger partial charge >= 0.3 is 0 Å². The highest BCUT2D eigenvalue weighted by Crippen LogP contribution is 2.24. The number of thioether (sulfide) groups is 1. The molecular weight excluding hydrogens is 446 g/mol. The van der Waals surface area contributed by atoms with E-state index in [1.165, 1.54) is 28.2 Å². The molecule has 10 heteroatoms. The second-order valence-electron chi connectivity index (χ2n) is 7.38. The minimum atomic E-state index is -3.56. The van der Waals surface area contributed by atoms with E-state index in [2.05, 4.69) is 20.6 Å². The fourth-order valence-corrected chi connectivity index (χ4v) is 4.92. The molecule has 8 nitrogen and oxygen atoms in total. The lowest BCUT2D eigenvalue weighted by molar-refractivity contribution is -0.113. The van der Waals surface area contributed by atoms with Crippen LogP contribution in [0, 0.1) is 0 Å². The van der Waals surface area contributed by atoms with Crippen LogP contribution >= 0.6 is 11.8 Å². The average molecular weight is 474 g/mol. The van der Waals surface area contributed by atoms with Gasteiger partial charge in [0.05, 0.1) is 16.2 Å². The van der Waals surface area contributed by atoms with Crippen LogP contribution < -0.4 is 10.6 Å². The number of sulfonamides is 1. The van der Waals surface area contributed by atoms with Gasteiger partial charge in [0.1, 0.15) is 5.82 Å². The van der Waals surface area contributed by atoms with Gasteiger partial charge in [-0.3, -0.25) is 4.79 Å². The van der Waals surface area contributed by atoms with E-state index < -0.39 is 10.0 Å². The Bertz CT molecular complexity index is 1200. The number of rotatable bonds is 9. The normalized spacial score (nSPS) is 11.8. The molecule has 0 atom stereocenters. The number of hydrogen-bond donors (Lipinski definition) is 2. The second kappa shape index (κ2) is 10.3. The van der Waals surface area contributed by atoms with Crippen molar-refractivity contribution in [3.63, 3.8) is 0 Å². The number of nitrogens with zero attached hydrogens (tertiary/aromatic N) is 3. The van der Waals surface area contributed by atoms with Crippen molar-refractivity contribution in [1.82, 2.24) is 14.3 Å². The van der Waals surface area contributed by atoms with E-state index in [4.69, 9.17) is 0 Å². The van der Waals surface area contributed by atoms with Gasteiger partial charge in [-0.2, -0.15) is 4.31 Å². The van der Waals surface area contributed by atoms with Crippen LogP contribution in [-0.2, 0) is 14.8 Å². The lowest BCUT2D eigenvalue weighted by Crippen LogP contribution is -2.33. The lowest BCUT2D eigenvalue weighted by Gasteiger charge is -2.21. The Kier molecular flexibility index (Phi) is 7.70. The molecule has 0 aliphatic carbocycles. The molecular formula is C22H27N5O3S2. The van der Waals surface area contributed by atoms with E-state index in [1.807, 2.05) is 45.0 Å². The maximum Gasteiger partial charge on any atom is 0.243 e. The number of fused-ring (bicyclic) bond motifs is 1. The average Bonchev–Trinajstić information content (AvgIpc) is 2.77. The fraction of sp³-hybridized carbons (Fsp3) is 0.318. The van der Waals surface area contributed by atoms with E-state index in [-0.39, 0.29) is 22.6 Å². The molecule has 32 heavy (non-hydrogen) atoms. The number of carbonyl (C=O) groups is 1. The summed E-state index contributed by atoms with van der Waals surface area (Å²) in [6.07, 6.45) is 0. The van der Waals surface area contributed by atoms with Crippen LogP contribution in [-0.4, -0.2) is 54.0 Å². The summed E-state index contributed by atoms with van der Waals surface area (Å²) in [5.41, 5.74) is 1.33. The Balaban J connectivity index is 1.65. The highest BCUT2D eigenvalue weighted by molar-refractivity contribution is 7.99. The van der Waals surface area contributed by atoms with E-state index in [0.29, 0.717) is 10.8 Å². The number of carbonyl (C=O) groups excluding carboxylic acids is 1. The third-order valence-electron chi connectivity index (χ3n) is 4.80. The van der Waals surface area contributed by atoms with Crippen LogP contribution in [0.2, 0.25) is 0 Å². The van der Waals surface area contributed by atoms with E-state index in [0.717, 1.165) is 23.3 Å². The van der Waals surface area contributed by atoms with Crippen molar-refractivity contribution >= 4 is 50.1 Å². The largest absolute Gasteiger partial charge is 0.370 e. The Morgan fingerprint density at radius 2 is 1.78 bits per heavy atom. The van der Waals surface area contributed by atoms with E-state index in [1.54, 1.807) is 19.2 Å². The van der Waals surface area contributed by atoms with Gasteiger partial charge in [-0.05, 0) is 57.2 Å². The molecule has 1 aromatic heterocycles. The van der Waals surface area contributed by atoms with Gasteiger partial charge in [-0.15, -0.1) is 0 Å². The zero-order chi connectivity index (χ0) is 23.3. The fourth-order valence-electron chi connectivity index (χ4n) is 2.90. The van der Waals surface area contributed by atoms with Crippen molar-refractivity contribution in [2.75, 3.05) is 30.0 Å². The highest BCUT2D eigenvalue weighted by Gasteiger charge is 2.22. The quantitative estimate of drug-likeness (QED) is 0.360. The third-order valence-corrected chi connectivity index (χ3v) is 7.70. The first-order valence-electron chi connectivity index (χ1n) is 10.2. The maximum atomic E-state index is 12.5. The first kappa shape index (κ1) is 24.0. The van der Waals surface area contributed by atoms with Crippen molar-refractivity contribution in [1.29, 1.82) is 0 Å². The van der Waals surface area contributed by atoms with Crippen molar-refractivity contribution < 1.29 is 13.2 Å². The molecule has 1 heterocycles. The standard InChI is InChI=1S/C22H27N5O3S2/c1-5-23-21-18-8-6-7-9-19(18)25-22(26-21)31-14-20(28)24-16-10-12-17(13-11-16)32(29,30)27(4)15(2)3/h6-13,15H,5,14H2,1-4H3,(H,24,28)(H,23,25,26). The predicted molar refractivity (Wildman–Crippen MR) is 130 cm³/mol. The van der Waals surface area contributed by atoms with E-state index >= 15 is 0 Å². The van der Waals surface area contributed by atoms with Gasteiger partial charge in [0, 0.05) is 30.7 Å². The molecule has 0 saturated carbocycles. The Labute approximate surface area is 192 Å². The second-order valence-corrected chi connectivity index (χ2v) is 10.3. The molecule has 0 aliphatic rings. The minimum Gasteiger partial charge on any atom is -0.370 e. The number of hydrogen-bond acceptors (Lipinski definition) is 7. The SMILES string of the molecule is CCNc1nc(SCC(=O)Nc2ccc(S(=O)(=O)N(C)C(C)C)cc2)nc2ccccc12. The van der Waals surface area contributed by atoms with Crippen LogP contribution in [0.25, 0.3) is 10.9 Å². The highest BCUT2D eigenvalue weighted by atomic mass is 32.2. The monoisotopic (exact) mass is 473 g/mol.